The predicted molar refractivity (Wildman–Crippen MR) is 75.1 cm³/mol. The minimum atomic E-state index is 0.803. The lowest BCUT2D eigenvalue weighted by Gasteiger charge is -2.07. The van der Waals surface area contributed by atoms with Crippen molar-refractivity contribution in [3.05, 3.63) is 46.0 Å². The topological polar surface area (TPSA) is 42.7 Å². The molecule has 0 aliphatic carbocycles. The van der Waals surface area contributed by atoms with Gasteiger partial charge in [-0.25, -0.2) is 0 Å². The van der Waals surface area contributed by atoms with Crippen LogP contribution in [-0.4, -0.2) is 14.8 Å². The lowest BCUT2D eigenvalue weighted by Crippen LogP contribution is -2.16. The molecular formula is C13H17BrN4. The first-order valence-electron chi connectivity index (χ1n) is 6.03. The molecule has 0 atom stereocenters. The van der Waals surface area contributed by atoms with Crippen molar-refractivity contribution >= 4 is 15.9 Å². The van der Waals surface area contributed by atoms with Crippen LogP contribution in [0, 0.1) is 6.92 Å². The molecular weight excluding hydrogens is 292 g/mol. The van der Waals surface area contributed by atoms with E-state index in [4.69, 9.17) is 0 Å². The highest BCUT2D eigenvalue weighted by atomic mass is 79.9. The van der Waals surface area contributed by atoms with Crippen molar-refractivity contribution in [1.82, 2.24) is 20.1 Å². The molecule has 2 aromatic heterocycles. The van der Waals surface area contributed by atoms with Gasteiger partial charge >= 0.3 is 0 Å². The normalized spacial score (nSPS) is 10.8. The molecule has 0 aliphatic rings. The smallest absolute Gasteiger partial charge is 0.0739 e. The van der Waals surface area contributed by atoms with Gasteiger partial charge in [0.15, 0.2) is 0 Å². The summed E-state index contributed by atoms with van der Waals surface area (Å²) in [5.41, 5.74) is 3.47. The third kappa shape index (κ3) is 2.97. The molecule has 2 heterocycles. The Kier molecular flexibility index (Phi) is 4.49. The molecule has 2 aromatic rings. The van der Waals surface area contributed by atoms with Gasteiger partial charge in [0.25, 0.3) is 0 Å². The molecule has 0 saturated carbocycles. The second kappa shape index (κ2) is 6.11. The molecule has 0 aliphatic heterocycles. The van der Waals surface area contributed by atoms with Crippen LogP contribution in [-0.2, 0) is 19.6 Å². The zero-order chi connectivity index (χ0) is 13.0. The van der Waals surface area contributed by atoms with Crippen molar-refractivity contribution in [3.8, 4) is 0 Å². The van der Waals surface area contributed by atoms with Crippen LogP contribution in [0.5, 0.6) is 0 Å². The first-order chi connectivity index (χ1) is 8.72. The lowest BCUT2D eigenvalue weighted by atomic mass is 10.2. The fourth-order valence-electron chi connectivity index (χ4n) is 1.86. The Morgan fingerprint density at radius 2 is 2.00 bits per heavy atom. The summed E-state index contributed by atoms with van der Waals surface area (Å²) in [6.45, 7) is 6.65. The molecule has 0 amide bonds. The van der Waals surface area contributed by atoms with Crippen molar-refractivity contribution in [2.75, 3.05) is 0 Å². The molecule has 5 heteroatoms. The van der Waals surface area contributed by atoms with Crippen molar-refractivity contribution < 1.29 is 0 Å². The van der Waals surface area contributed by atoms with E-state index < -0.39 is 0 Å². The average molecular weight is 309 g/mol. The van der Waals surface area contributed by atoms with Crippen molar-refractivity contribution in [3.63, 3.8) is 0 Å². The highest BCUT2D eigenvalue weighted by molar-refractivity contribution is 9.10. The third-order valence-electron chi connectivity index (χ3n) is 2.82. The minimum absolute atomic E-state index is 0.803. The van der Waals surface area contributed by atoms with Gasteiger partial charge in [-0.1, -0.05) is 0 Å². The maximum atomic E-state index is 4.47. The van der Waals surface area contributed by atoms with Gasteiger partial charge in [-0.3, -0.25) is 9.67 Å². The van der Waals surface area contributed by atoms with Gasteiger partial charge in [0, 0.05) is 32.0 Å². The van der Waals surface area contributed by atoms with E-state index in [2.05, 4.69) is 38.3 Å². The van der Waals surface area contributed by atoms with Crippen molar-refractivity contribution in [1.29, 1.82) is 0 Å². The number of aryl methyl sites for hydroxylation is 2. The highest BCUT2D eigenvalue weighted by Gasteiger charge is 2.11. The Morgan fingerprint density at radius 3 is 2.67 bits per heavy atom. The molecule has 4 nitrogen and oxygen atoms in total. The van der Waals surface area contributed by atoms with Gasteiger partial charge in [0.2, 0.25) is 0 Å². The Morgan fingerprint density at radius 1 is 1.28 bits per heavy atom. The lowest BCUT2D eigenvalue weighted by molar-refractivity contribution is 0.578. The van der Waals surface area contributed by atoms with Crippen LogP contribution in [0.4, 0.5) is 0 Å². The van der Waals surface area contributed by atoms with E-state index in [1.165, 1.54) is 11.3 Å². The highest BCUT2D eigenvalue weighted by Crippen LogP contribution is 2.20. The Hall–Kier alpha value is -1.20. The zero-order valence-corrected chi connectivity index (χ0v) is 12.2. The molecule has 0 unspecified atom stereocenters. The zero-order valence-electron chi connectivity index (χ0n) is 10.7. The molecule has 0 fully saturated rings. The van der Waals surface area contributed by atoms with Crippen LogP contribution < -0.4 is 5.32 Å². The van der Waals surface area contributed by atoms with E-state index in [0.717, 1.165) is 29.8 Å². The summed E-state index contributed by atoms with van der Waals surface area (Å²) in [6, 6.07) is 4.04. The summed E-state index contributed by atoms with van der Waals surface area (Å²) in [5.74, 6) is 0. The molecule has 1 N–H and O–H groups in total. The molecule has 0 spiro atoms. The van der Waals surface area contributed by atoms with Crippen LogP contribution in [0.25, 0.3) is 0 Å². The summed E-state index contributed by atoms with van der Waals surface area (Å²) in [7, 11) is 0. The second-order valence-corrected chi connectivity index (χ2v) is 4.91. The van der Waals surface area contributed by atoms with Gasteiger partial charge < -0.3 is 5.32 Å². The van der Waals surface area contributed by atoms with Crippen molar-refractivity contribution in [2.24, 2.45) is 0 Å². The average Bonchev–Trinajstić information content (AvgIpc) is 2.67. The number of hydrogen-bond donors (Lipinski definition) is 1. The SMILES string of the molecule is CCn1nc(C)c(Br)c1CNCc1ccncc1. The predicted octanol–water partition coefficient (Wildman–Crippen LogP) is 2.66. The molecule has 96 valence electrons. The minimum Gasteiger partial charge on any atom is -0.307 e. The number of nitrogens with one attached hydrogen (secondary N) is 1. The Balaban J connectivity index is 1.98. The van der Waals surface area contributed by atoms with Crippen LogP contribution >= 0.6 is 15.9 Å². The maximum absolute atomic E-state index is 4.47. The molecule has 0 saturated heterocycles. The molecule has 2 rings (SSSR count). The molecule has 0 aromatic carbocycles. The third-order valence-corrected chi connectivity index (χ3v) is 3.86. The number of halogens is 1. The Labute approximate surface area is 116 Å². The van der Waals surface area contributed by atoms with Gasteiger partial charge in [0.05, 0.1) is 15.9 Å². The number of pyridine rings is 1. The van der Waals surface area contributed by atoms with E-state index in [0.29, 0.717) is 0 Å². The summed E-state index contributed by atoms with van der Waals surface area (Å²) in [4.78, 5) is 4.01. The van der Waals surface area contributed by atoms with Crippen LogP contribution in [0.3, 0.4) is 0 Å². The number of rotatable bonds is 5. The summed E-state index contributed by atoms with van der Waals surface area (Å²) < 4.78 is 3.13. The monoisotopic (exact) mass is 308 g/mol. The molecule has 0 bridgehead atoms. The van der Waals surface area contributed by atoms with E-state index >= 15 is 0 Å². The van der Waals surface area contributed by atoms with Gasteiger partial charge in [0.1, 0.15) is 0 Å². The van der Waals surface area contributed by atoms with Crippen LogP contribution in [0.2, 0.25) is 0 Å². The summed E-state index contributed by atoms with van der Waals surface area (Å²) in [5, 5.41) is 7.90. The Bertz CT molecular complexity index is 507. The number of aromatic nitrogens is 3. The van der Waals surface area contributed by atoms with E-state index in [9.17, 15) is 0 Å². The van der Waals surface area contributed by atoms with Gasteiger partial charge in [-0.15, -0.1) is 0 Å². The van der Waals surface area contributed by atoms with Crippen LogP contribution in [0.1, 0.15) is 23.9 Å². The number of hydrogen-bond acceptors (Lipinski definition) is 3. The molecule has 0 radical (unpaired) electrons. The van der Waals surface area contributed by atoms with Crippen LogP contribution in [0.15, 0.2) is 29.0 Å². The van der Waals surface area contributed by atoms with Gasteiger partial charge in [-0.2, -0.15) is 5.10 Å². The first kappa shape index (κ1) is 13.2. The summed E-state index contributed by atoms with van der Waals surface area (Å²) >= 11 is 3.59. The quantitative estimate of drug-likeness (QED) is 0.923. The van der Waals surface area contributed by atoms with Gasteiger partial charge in [-0.05, 0) is 47.5 Å². The fourth-order valence-corrected chi connectivity index (χ4v) is 2.29. The standard InChI is InChI=1S/C13H17BrN4/c1-3-18-12(13(14)10(2)17-18)9-16-8-11-4-6-15-7-5-11/h4-7,16H,3,8-9H2,1-2H3. The van der Waals surface area contributed by atoms with E-state index in [1.807, 2.05) is 36.1 Å². The summed E-state index contributed by atoms with van der Waals surface area (Å²) in [6.07, 6.45) is 3.63. The second-order valence-electron chi connectivity index (χ2n) is 4.12. The molecule has 18 heavy (non-hydrogen) atoms. The first-order valence-corrected chi connectivity index (χ1v) is 6.83. The largest absolute Gasteiger partial charge is 0.307 e. The van der Waals surface area contributed by atoms with E-state index in [-0.39, 0.29) is 0 Å². The maximum Gasteiger partial charge on any atom is 0.0739 e. The fraction of sp³-hybridized carbons (Fsp3) is 0.385. The van der Waals surface area contributed by atoms with E-state index in [1.54, 1.807) is 0 Å². The van der Waals surface area contributed by atoms with Crippen molar-refractivity contribution in [2.45, 2.75) is 33.5 Å². The number of nitrogens with zero attached hydrogens (tertiary/aromatic N) is 3.